The summed E-state index contributed by atoms with van der Waals surface area (Å²) in [6.45, 7) is 3.37. The average Bonchev–Trinajstić information content (AvgIpc) is 2.43. The highest BCUT2D eigenvalue weighted by atomic mass is 16.4. The van der Waals surface area contributed by atoms with Crippen LogP contribution in [0.2, 0.25) is 0 Å². The highest BCUT2D eigenvalue weighted by molar-refractivity contribution is 5.97. The summed E-state index contributed by atoms with van der Waals surface area (Å²) in [5, 5.41) is 30.3. The molecule has 0 atom stereocenters. The molecule has 3 rings (SSSR count). The molecule has 0 aliphatic carbocycles. The van der Waals surface area contributed by atoms with Gasteiger partial charge in [-0.1, -0.05) is 0 Å². The molecule has 0 amide bonds. The van der Waals surface area contributed by atoms with Crippen molar-refractivity contribution in [3.8, 4) is 28.4 Å². The number of aromatic hydroxyl groups is 3. The van der Waals surface area contributed by atoms with E-state index in [0.29, 0.717) is 33.2 Å². The Morgan fingerprint density at radius 2 is 1.55 bits per heavy atom. The van der Waals surface area contributed by atoms with Crippen molar-refractivity contribution in [2.24, 2.45) is 0 Å². The first-order valence-electron chi connectivity index (χ1n) is 6.67. The fraction of sp³-hybridized carbons (Fsp3) is 0.118. The van der Waals surface area contributed by atoms with Gasteiger partial charge in [-0.05, 0) is 49.2 Å². The monoisotopic (exact) mass is 298 g/mol. The number of benzene rings is 2. The first kappa shape index (κ1) is 14.0. The number of fused-ring (bicyclic) bond motifs is 1. The third kappa shape index (κ3) is 2.16. The Labute approximate surface area is 125 Å². The highest BCUT2D eigenvalue weighted by Gasteiger charge is 2.15. The van der Waals surface area contributed by atoms with Gasteiger partial charge in [0.2, 0.25) is 0 Å². The van der Waals surface area contributed by atoms with Crippen molar-refractivity contribution in [2.75, 3.05) is 0 Å². The third-order valence-corrected chi connectivity index (χ3v) is 3.62. The molecule has 0 saturated heterocycles. The maximum atomic E-state index is 11.8. The van der Waals surface area contributed by atoms with Crippen LogP contribution in [0.4, 0.5) is 0 Å². The molecule has 5 heteroatoms. The van der Waals surface area contributed by atoms with E-state index in [4.69, 9.17) is 4.42 Å². The van der Waals surface area contributed by atoms with E-state index in [1.807, 2.05) is 0 Å². The van der Waals surface area contributed by atoms with Crippen LogP contribution in [0.3, 0.4) is 0 Å². The number of rotatable bonds is 1. The molecular weight excluding hydrogens is 284 g/mol. The lowest BCUT2D eigenvalue weighted by Gasteiger charge is -2.11. The van der Waals surface area contributed by atoms with Crippen molar-refractivity contribution >= 4 is 11.0 Å². The molecule has 1 heterocycles. The summed E-state index contributed by atoms with van der Waals surface area (Å²) >= 11 is 0. The number of hydrogen-bond donors (Lipinski definition) is 3. The summed E-state index contributed by atoms with van der Waals surface area (Å²) < 4.78 is 5.19. The number of phenols is 3. The van der Waals surface area contributed by atoms with Gasteiger partial charge in [0.25, 0.3) is 0 Å². The normalized spacial score (nSPS) is 11.0. The number of aryl methyl sites for hydroxylation is 2. The lowest BCUT2D eigenvalue weighted by Crippen LogP contribution is -1.99. The number of phenolic OH excluding ortho intramolecular Hbond substituents is 3. The second-order valence-electron chi connectivity index (χ2n) is 5.27. The van der Waals surface area contributed by atoms with E-state index in [2.05, 4.69) is 0 Å². The third-order valence-electron chi connectivity index (χ3n) is 3.62. The largest absolute Gasteiger partial charge is 0.508 e. The average molecular weight is 298 g/mol. The Hall–Kier alpha value is -2.95. The van der Waals surface area contributed by atoms with E-state index in [1.165, 1.54) is 30.3 Å². The van der Waals surface area contributed by atoms with E-state index in [1.54, 1.807) is 13.8 Å². The zero-order valence-corrected chi connectivity index (χ0v) is 12.0. The summed E-state index contributed by atoms with van der Waals surface area (Å²) in [5.74, 6) is -0.0369. The Morgan fingerprint density at radius 1 is 0.818 bits per heavy atom. The summed E-state index contributed by atoms with van der Waals surface area (Å²) in [7, 11) is 0. The van der Waals surface area contributed by atoms with Crippen molar-refractivity contribution in [1.82, 2.24) is 0 Å². The predicted molar refractivity (Wildman–Crippen MR) is 82.4 cm³/mol. The van der Waals surface area contributed by atoms with Crippen molar-refractivity contribution in [3.63, 3.8) is 0 Å². The first-order chi connectivity index (χ1) is 10.4. The second kappa shape index (κ2) is 4.80. The maximum Gasteiger partial charge on any atom is 0.336 e. The van der Waals surface area contributed by atoms with Gasteiger partial charge in [0.05, 0.1) is 0 Å². The van der Waals surface area contributed by atoms with Gasteiger partial charge in [-0.25, -0.2) is 4.79 Å². The Bertz CT molecular complexity index is 953. The topological polar surface area (TPSA) is 90.9 Å². The van der Waals surface area contributed by atoms with Crippen LogP contribution in [-0.4, -0.2) is 15.3 Å². The molecule has 5 nitrogen and oxygen atoms in total. The minimum absolute atomic E-state index is 0.00562. The lowest BCUT2D eigenvalue weighted by molar-refractivity contribution is 0.458. The quantitative estimate of drug-likeness (QED) is 0.474. The van der Waals surface area contributed by atoms with Crippen molar-refractivity contribution in [1.29, 1.82) is 0 Å². The SMILES string of the molecule is Cc1cc(O)c(-c2cc(=O)oc3c(C)cc(O)cc23)cc1O. The summed E-state index contributed by atoms with van der Waals surface area (Å²) in [6, 6.07) is 6.97. The summed E-state index contributed by atoms with van der Waals surface area (Å²) in [4.78, 5) is 11.8. The van der Waals surface area contributed by atoms with Crippen LogP contribution in [0.25, 0.3) is 22.1 Å². The molecular formula is C17H14O5. The van der Waals surface area contributed by atoms with E-state index < -0.39 is 5.63 Å². The zero-order valence-electron chi connectivity index (χ0n) is 12.0. The maximum absolute atomic E-state index is 11.8. The molecule has 0 unspecified atom stereocenters. The lowest BCUT2D eigenvalue weighted by atomic mass is 9.98. The fourth-order valence-electron chi connectivity index (χ4n) is 2.54. The fourth-order valence-corrected chi connectivity index (χ4v) is 2.54. The molecule has 0 radical (unpaired) electrons. The van der Waals surface area contributed by atoms with Gasteiger partial charge in [-0.2, -0.15) is 0 Å². The predicted octanol–water partition coefficient (Wildman–Crippen LogP) is 3.19. The summed E-state index contributed by atoms with van der Waals surface area (Å²) in [6.07, 6.45) is 0. The zero-order chi connectivity index (χ0) is 16.0. The van der Waals surface area contributed by atoms with Gasteiger partial charge in [0.15, 0.2) is 0 Å². The number of hydrogen-bond acceptors (Lipinski definition) is 5. The highest BCUT2D eigenvalue weighted by Crippen LogP contribution is 2.39. The molecule has 2 aromatic carbocycles. The van der Waals surface area contributed by atoms with Crippen LogP contribution in [0, 0.1) is 13.8 Å². The van der Waals surface area contributed by atoms with Crippen molar-refractivity contribution in [2.45, 2.75) is 13.8 Å². The van der Waals surface area contributed by atoms with Crippen LogP contribution < -0.4 is 5.63 Å². The molecule has 3 aromatic rings. The molecule has 22 heavy (non-hydrogen) atoms. The molecule has 0 spiro atoms. The van der Waals surface area contributed by atoms with Crippen LogP contribution in [-0.2, 0) is 0 Å². The smallest absolute Gasteiger partial charge is 0.336 e. The van der Waals surface area contributed by atoms with Crippen molar-refractivity contribution in [3.05, 3.63) is 51.9 Å². The van der Waals surface area contributed by atoms with Crippen LogP contribution in [0.15, 0.2) is 39.5 Å². The van der Waals surface area contributed by atoms with Gasteiger partial charge in [0.1, 0.15) is 22.8 Å². The molecule has 112 valence electrons. The minimum atomic E-state index is -0.573. The molecule has 3 N–H and O–H groups in total. The first-order valence-corrected chi connectivity index (χ1v) is 6.67. The Balaban J connectivity index is 2.46. The van der Waals surface area contributed by atoms with E-state index >= 15 is 0 Å². The van der Waals surface area contributed by atoms with Crippen molar-refractivity contribution < 1.29 is 19.7 Å². The van der Waals surface area contributed by atoms with Crippen LogP contribution in [0.5, 0.6) is 17.2 Å². The van der Waals surface area contributed by atoms with E-state index in [0.717, 1.165) is 0 Å². The summed E-state index contributed by atoms with van der Waals surface area (Å²) in [5.41, 5.74) is 1.57. The van der Waals surface area contributed by atoms with Gasteiger partial charge < -0.3 is 19.7 Å². The molecule has 0 aliphatic rings. The van der Waals surface area contributed by atoms with Gasteiger partial charge in [0, 0.05) is 22.6 Å². The molecule has 0 aliphatic heterocycles. The Morgan fingerprint density at radius 3 is 2.27 bits per heavy atom. The van der Waals surface area contributed by atoms with E-state index in [-0.39, 0.29) is 17.2 Å². The van der Waals surface area contributed by atoms with Gasteiger partial charge in [-0.3, -0.25) is 0 Å². The van der Waals surface area contributed by atoms with Gasteiger partial charge in [-0.15, -0.1) is 0 Å². The molecule has 0 bridgehead atoms. The van der Waals surface area contributed by atoms with E-state index in [9.17, 15) is 20.1 Å². The minimum Gasteiger partial charge on any atom is -0.508 e. The van der Waals surface area contributed by atoms with Crippen LogP contribution in [0.1, 0.15) is 11.1 Å². The molecule has 0 saturated carbocycles. The molecule has 1 aromatic heterocycles. The standard InChI is InChI=1S/C17H14O5/c1-8-4-15(20)12(6-14(8)19)11-7-16(21)22-17-9(2)3-10(18)5-13(11)17/h3-7,18-20H,1-2H3. The molecule has 0 fully saturated rings. The Kier molecular flexibility index (Phi) is 3.06. The second-order valence-corrected chi connectivity index (χ2v) is 5.27. The van der Waals surface area contributed by atoms with Gasteiger partial charge >= 0.3 is 5.63 Å². The van der Waals surface area contributed by atoms with Crippen LogP contribution >= 0.6 is 0 Å².